The molecular formula is C21H18BrClN2O3S2. The van der Waals surface area contributed by atoms with Gasteiger partial charge >= 0.3 is 0 Å². The number of rotatable bonds is 6. The Labute approximate surface area is 197 Å². The molecule has 1 fully saturated rings. The monoisotopic (exact) mass is 524 g/mol. The molecular weight excluding hydrogens is 508 g/mol. The Kier molecular flexibility index (Phi) is 7.57. The second-order valence-corrected chi connectivity index (χ2v) is 9.42. The standard InChI is InChI=1S/C21H18BrClN2O3S2/c1-3-8-28-17-7-5-13(10-15(17)22)11-18-20(27)25(21(29)30-18)24-19(26)14-6-4-12(2)9-16(14)23/h4-7,9-11H,3,8H2,1-2H3,(H,24,26)/b18-11-. The molecule has 0 radical (unpaired) electrons. The van der Waals surface area contributed by atoms with Gasteiger partial charge in [0.15, 0.2) is 4.32 Å². The van der Waals surface area contributed by atoms with E-state index in [9.17, 15) is 9.59 Å². The number of hydrogen-bond donors (Lipinski definition) is 1. The number of nitrogens with zero attached hydrogens (tertiary/aromatic N) is 1. The molecule has 0 spiro atoms. The van der Waals surface area contributed by atoms with Crippen molar-refractivity contribution in [3.05, 3.63) is 67.5 Å². The minimum Gasteiger partial charge on any atom is -0.492 e. The number of thioether (sulfide) groups is 1. The summed E-state index contributed by atoms with van der Waals surface area (Å²) in [6, 6.07) is 10.6. The smallest absolute Gasteiger partial charge is 0.285 e. The van der Waals surface area contributed by atoms with E-state index >= 15 is 0 Å². The molecule has 0 saturated carbocycles. The zero-order valence-electron chi connectivity index (χ0n) is 16.2. The maximum Gasteiger partial charge on any atom is 0.285 e. The highest BCUT2D eigenvalue weighted by Crippen LogP contribution is 2.33. The number of aryl methyl sites for hydroxylation is 1. The summed E-state index contributed by atoms with van der Waals surface area (Å²) in [7, 11) is 0. The van der Waals surface area contributed by atoms with E-state index in [-0.39, 0.29) is 9.88 Å². The molecule has 1 N–H and O–H groups in total. The van der Waals surface area contributed by atoms with Gasteiger partial charge in [0.25, 0.3) is 11.8 Å². The van der Waals surface area contributed by atoms with Crippen LogP contribution in [0.1, 0.15) is 34.8 Å². The fraction of sp³-hybridized carbons (Fsp3) is 0.190. The summed E-state index contributed by atoms with van der Waals surface area (Å²) < 4.78 is 6.68. The number of halogens is 2. The van der Waals surface area contributed by atoms with Crippen LogP contribution in [0, 0.1) is 6.92 Å². The highest BCUT2D eigenvalue weighted by Gasteiger charge is 2.34. The Morgan fingerprint density at radius 3 is 2.77 bits per heavy atom. The summed E-state index contributed by atoms with van der Waals surface area (Å²) in [6.45, 7) is 4.54. The molecule has 2 aromatic carbocycles. The maximum atomic E-state index is 12.8. The number of ether oxygens (including phenoxy) is 1. The molecule has 9 heteroatoms. The SMILES string of the molecule is CCCOc1ccc(/C=C2\SC(=S)N(NC(=O)c3ccc(C)cc3Cl)C2=O)cc1Br. The average Bonchev–Trinajstić information content (AvgIpc) is 2.94. The van der Waals surface area contributed by atoms with Gasteiger partial charge in [-0.3, -0.25) is 15.0 Å². The van der Waals surface area contributed by atoms with Crippen molar-refractivity contribution in [1.82, 2.24) is 10.4 Å². The fourth-order valence-electron chi connectivity index (χ4n) is 2.62. The summed E-state index contributed by atoms with van der Waals surface area (Å²) in [4.78, 5) is 25.8. The third-order valence-corrected chi connectivity index (χ3v) is 6.33. The van der Waals surface area contributed by atoms with Crippen LogP contribution in [0.3, 0.4) is 0 Å². The molecule has 1 saturated heterocycles. The second kappa shape index (κ2) is 9.96. The van der Waals surface area contributed by atoms with E-state index in [1.165, 1.54) is 0 Å². The van der Waals surface area contributed by atoms with Crippen molar-refractivity contribution in [1.29, 1.82) is 0 Å². The minimum absolute atomic E-state index is 0.241. The number of amides is 2. The van der Waals surface area contributed by atoms with Crippen LogP contribution in [0.2, 0.25) is 5.02 Å². The van der Waals surface area contributed by atoms with Crippen LogP contribution in [-0.4, -0.2) is 27.8 Å². The minimum atomic E-state index is -0.502. The number of benzene rings is 2. The molecule has 156 valence electrons. The Hall–Kier alpha value is -1.87. The zero-order chi connectivity index (χ0) is 21.8. The van der Waals surface area contributed by atoms with Gasteiger partial charge < -0.3 is 4.74 Å². The quantitative estimate of drug-likeness (QED) is 0.385. The van der Waals surface area contributed by atoms with Gasteiger partial charge in [-0.1, -0.05) is 42.4 Å². The lowest BCUT2D eigenvalue weighted by Gasteiger charge is -2.16. The van der Waals surface area contributed by atoms with Crippen LogP contribution < -0.4 is 10.2 Å². The van der Waals surface area contributed by atoms with Crippen molar-refractivity contribution in [2.45, 2.75) is 20.3 Å². The van der Waals surface area contributed by atoms with Crippen molar-refractivity contribution in [3.8, 4) is 5.75 Å². The lowest BCUT2D eigenvalue weighted by Crippen LogP contribution is -2.44. The van der Waals surface area contributed by atoms with Gasteiger partial charge in [-0.05, 0) is 83.0 Å². The third kappa shape index (κ3) is 5.24. The van der Waals surface area contributed by atoms with Crippen molar-refractivity contribution < 1.29 is 14.3 Å². The fourth-order valence-corrected chi connectivity index (χ4v) is 4.63. The van der Waals surface area contributed by atoms with Gasteiger partial charge in [0.1, 0.15) is 5.75 Å². The van der Waals surface area contributed by atoms with Crippen LogP contribution >= 0.6 is 51.5 Å². The maximum absolute atomic E-state index is 12.8. The summed E-state index contributed by atoms with van der Waals surface area (Å²) in [5.74, 6) is -0.162. The molecule has 2 amide bonds. The Morgan fingerprint density at radius 2 is 2.10 bits per heavy atom. The van der Waals surface area contributed by atoms with Crippen LogP contribution in [0.4, 0.5) is 0 Å². The van der Waals surface area contributed by atoms with E-state index in [1.54, 1.807) is 24.3 Å². The van der Waals surface area contributed by atoms with Gasteiger partial charge in [0, 0.05) is 0 Å². The van der Waals surface area contributed by atoms with E-state index in [4.69, 9.17) is 28.6 Å². The van der Waals surface area contributed by atoms with Crippen molar-refractivity contribution in [3.63, 3.8) is 0 Å². The van der Waals surface area contributed by atoms with Crippen LogP contribution in [0.15, 0.2) is 45.8 Å². The van der Waals surface area contributed by atoms with Crippen molar-refractivity contribution in [2.24, 2.45) is 0 Å². The van der Waals surface area contributed by atoms with Gasteiger partial charge in [0.2, 0.25) is 0 Å². The summed E-state index contributed by atoms with van der Waals surface area (Å²) in [5.41, 5.74) is 4.55. The molecule has 0 unspecified atom stereocenters. The van der Waals surface area contributed by atoms with E-state index in [1.807, 2.05) is 32.0 Å². The Morgan fingerprint density at radius 1 is 1.33 bits per heavy atom. The average molecular weight is 526 g/mol. The first-order valence-electron chi connectivity index (χ1n) is 9.07. The van der Waals surface area contributed by atoms with Crippen molar-refractivity contribution >= 4 is 73.7 Å². The summed E-state index contributed by atoms with van der Waals surface area (Å²) in [6.07, 6.45) is 2.63. The molecule has 2 aromatic rings. The predicted molar refractivity (Wildman–Crippen MR) is 129 cm³/mol. The second-order valence-electron chi connectivity index (χ2n) is 6.48. The highest BCUT2D eigenvalue weighted by atomic mass is 79.9. The number of hydrogen-bond acceptors (Lipinski definition) is 5. The summed E-state index contributed by atoms with van der Waals surface area (Å²) >= 11 is 16.0. The van der Waals surface area contributed by atoms with Gasteiger partial charge in [-0.25, -0.2) is 0 Å². The van der Waals surface area contributed by atoms with E-state index in [0.717, 1.165) is 44.5 Å². The van der Waals surface area contributed by atoms with Gasteiger partial charge in [0.05, 0.1) is 26.6 Å². The number of thiocarbonyl (C=S) groups is 1. The predicted octanol–water partition coefficient (Wildman–Crippen LogP) is 5.75. The Bertz CT molecular complexity index is 1060. The lowest BCUT2D eigenvalue weighted by molar-refractivity contribution is -0.123. The molecule has 3 rings (SSSR count). The first kappa shape index (κ1) is 22.8. The van der Waals surface area contributed by atoms with E-state index < -0.39 is 11.8 Å². The number of nitrogens with one attached hydrogen (secondary N) is 1. The number of carbonyl (C=O) groups is 2. The molecule has 0 aliphatic carbocycles. The lowest BCUT2D eigenvalue weighted by atomic mass is 10.1. The number of hydrazine groups is 1. The third-order valence-electron chi connectivity index (χ3n) is 4.09. The van der Waals surface area contributed by atoms with Crippen LogP contribution in [0.5, 0.6) is 5.75 Å². The van der Waals surface area contributed by atoms with Gasteiger partial charge in [-0.15, -0.1) is 0 Å². The molecule has 1 heterocycles. The van der Waals surface area contributed by atoms with Crippen LogP contribution in [-0.2, 0) is 4.79 Å². The first-order chi connectivity index (χ1) is 14.3. The molecule has 1 aliphatic rings. The topological polar surface area (TPSA) is 58.6 Å². The summed E-state index contributed by atoms with van der Waals surface area (Å²) in [5, 5.41) is 1.38. The normalized spacial score (nSPS) is 15.1. The van der Waals surface area contributed by atoms with E-state index in [2.05, 4.69) is 21.4 Å². The molecule has 0 bridgehead atoms. The molecule has 0 aromatic heterocycles. The van der Waals surface area contributed by atoms with Gasteiger partial charge in [-0.2, -0.15) is 5.01 Å². The zero-order valence-corrected chi connectivity index (χ0v) is 20.2. The Balaban J connectivity index is 1.75. The largest absolute Gasteiger partial charge is 0.492 e. The molecule has 1 aliphatic heterocycles. The molecule has 5 nitrogen and oxygen atoms in total. The van der Waals surface area contributed by atoms with E-state index in [0.29, 0.717) is 16.5 Å². The van der Waals surface area contributed by atoms with Crippen molar-refractivity contribution in [2.75, 3.05) is 6.61 Å². The van der Waals surface area contributed by atoms with Crippen LogP contribution in [0.25, 0.3) is 6.08 Å². The highest BCUT2D eigenvalue weighted by molar-refractivity contribution is 9.10. The molecule has 0 atom stereocenters. The number of carbonyl (C=O) groups excluding carboxylic acids is 2. The first-order valence-corrected chi connectivity index (χ1v) is 11.5. The molecule has 30 heavy (non-hydrogen) atoms.